The van der Waals surface area contributed by atoms with Gasteiger partial charge in [-0.1, -0.05) is 0 Å². The molecule has 0 bridgehead atoms. The topological polar surface area (TPSA) is 61.0 Å². The Bertz CT molecular complexity index is 533. The Labute approximate surface area is 142 Å². The smallest absolute Gasteiger partial charge is 0.166 e. The maximum atomic E-state index is 5.56. The summed E-state index contributed by atoms with van der Waals surface area (Å²) in [6.07, 6.45) is 2.46. The van der Waals surface area contributed by atoms with E-state index in [2.05, 4.69) is 10.6 Å². The molecule has 1 aliphatic rings. The van der Waals surface area contributed by atoms with Crippen LogP contribution in [0.15, 0.2) is 12.1 Å². The Morgan fingerprint density at radius 1 is 1.13 bits per heavy atom. The minimum Gasteiger partial charge on any atom is -0.496 e. The van der Waals surface area contributed by atoms with E-state index in [1.165, 1.54) is 0 Å². The first-order valence-corrected chi connectivity index (χ1v) is 8.01. The van der Waals surface area contributed by atoms with Crippen LogP contribution in [0.1, 0.15) is 18.4 Å². The highest BCUT2D eigenvalue weighted by Crippen LogP contribution is 2.34. The molecule has 0 spiro atoms. The summed E-state index contributed by atoms with van der Waals surface area (Å²) in [5.74, 6) is 2.01. The number of ether oxygens (including phenoxy) is 4. The van der Waals surface area contributed by atoms with Crippen LogP contribution in [-0.4, -0.2) is 45.7 Å². The second-order valence-corrected chi connectivity index (χ2v) is 5.63. The van der Waals surface area contributed by atoms with Crippen molar-refractivity contribution in [2.24, 2.45) is 0 Å². The van der Waals surface area contributed by atoms with Crippen LogP contribution in [0.5, 0.6) is 17.2 Å². The highest BCUT2D eigenvalue weighted by molar-refractivity contribution is 7.80. The lowest BCUT2D eigenvalue weighted by atomic mass is 10.1. The van der Waals surface area contributed by atoms with Gasteiger partial charge in [-0.3, -0.25) is 0 Å². The lowest BCUT2D eigenvalue weighted by Crippen LogP contribution is -2.39. The van der Waals surface area contributed by atoms with Crippen LogP contribution in [0, 0.1) is 0 Å². The van der Waals surface area contributed by atoms with E-state index in [0.29, 0.717) is 23.2 Å². The molecular weight excluding hydrogens is 316 g/mol. The Hall–Kier alpha value is -1.73. The minimum absolute atomic E-state index is 0.255. The Kier molecular flexibility index (Phi) is 6.73. The molecule has 7 heteroatoms. The van der Waals surface area contributed by atoms with Crippen LogP contribution < -0.4 is 24.8 Å². The quantitative estimate of drug-likeness (QED) is 0.735. The monoisotopic (exact) mass is 340 g/mol. The van der Waals surface area contributed by atoms with Gasteiger partial charge < -0.3 is 29.6 Å². The molecule has 1 aliphatic heterocycles. The molecule has 2 rings (SSSR count). The standard InChI is InChI=1S/C16H24N2O4S/c1-19-13-8-15(21-3)14(20-2)7-11(13)9-17-16(23)18-10-12-5-4-6-22-12/h7-8,12H,4-6,9-10H2,1-3H3,(H2,17,18,23)/t12-/m0/s1. The zero-order valence-corrected chi connectivity index (χ0v) is 14.6. The molecule has 1 aromatic carbocycles. The molecule has 1 aromatic rings. The van der Waals surface area contributed by atoms with Gasteiger partial charge in [0.1, 0.15) is 5.75 Å². The molecule has 0 amide bonds. The fraction of sp³-hybridized carbons (Fsp3) is 0.562. The first-order valence-electron chi connectivity index (χ1n) is 7.60. The van der Waals surface area contributed by atoms with Crippen molar-refractivity contribution in [3.8, 4) is 17.2 Å². The molecule has 0 aliphatic carbocycles. The summed E-state index contributed by atoms with van der Waals surface area (Å²) in [4.78, 5) is 0. The lowest BCUT2D eigenvalue weighted by Gasteiger charge is -2.17. The van der Waals surface area contributed by atoms with Gasteiger partial charge >= 0.3 is 0 Å². The Morgan fingerprint density at radius 2 is 1.83 bits per heavy atom. The van der Waals surface area contributed by atoms with Crippen molar-refractivity contribution < 1.29 is 18.9 Å². The lowest BCUT2D eigenvalue weighted by molar-refractivity contribution is 0.114. The molecular formula is C16H24N2O4S. The van der Waals surface area contributed by atoms with Crippen molar-refractivity contribution in [1.29, 1.82) is 0 Å². The molecule has 0 radical (unpaired) electrons. The average molecular weight is 340 g/mol. The summed E-state index contributed by atoms with van der Waals surface area (Å²) in [5.41, 5.74) is 0.936. The Balaban J connectivity index is 1.91. The van der Waals surface area contributed by atoms with E-state index >= 15 is 0 Å². The van der Waals surface area contributed by atoms with Crippen molar-refractivity contribution in [3.05, 3.63) is 17.7 Å². The van der Waals surface area contributed by atoms with Crippen molar-refractivity contribution in [2.75, 3.05) is 34.5 Å². The van der Waals surface area contributed by atoms with Crippen LogP contribution in [0.2, 0.25) is 0 Å². The molecule has 0 unspecified atom stereocenters. The average Bonchev–Trinajstić information content (AvgIpc) is 3.10. The number of nitrogens with one attached hydrogen (secondary N) is 2. The maximum Gasteiger partial charge on any atom is 0.166 e. The van der Waals surface area contributed by atoms with Crippen molar-refractivity contribution in [1.82, 2.24) is 10.6 Å². The number of methoxy groups -OCH3 is 3. The SMILES string of the molecule is COc1cc(OC)c(OC)cc1CNC(=S)NC[C@@H]1CCCO1. The van der Waals surface area contributed by atoms with Gasteiger partial charge in [-0.15, -0.1) is 0 Å². The van der Waals surface area contributed by atoms with Gasteiger partial charge in [-0.2, -0.15) is 0 Å². The fourth-order valence-electron chi connectivity index (χ4n) is 2.48. The minimum atomic E-state index is 0.255. The summed E-state index contributed by atoms with van der Waals surface area (Å²) >= 11 is 5.30. The Morgan fingerprint density at radius 3 is 2.43 bits per heavy atom. The van der Waals surface area contributed by atoms with Crippen molar-refractivity contribution in [3.63, 3.8) is 0 Å². The molecule has 1 fully saturated rings. The highest BCUT2D eigenvalue weighted by atomic mass is 32.1. The third-order valence-corrected chi connectivity index (χ3v) is 4.03. The summed E-state index contributed by atoms with van der Waals surface area (Å²) in [7, 11) is 4.83. The molecule has 6 nitrogen and oxygen atoms in total. The third-order valence-electron chi connectivity index (χ3n) is 3.74. The number of rotatable bonds is 7. The summed E-state index contributed by atoms with van der Waals surface area (Å²) in [6, 6.07) is 3.69. The number of hydrogen-bond donors (Lipinski definition) is 2. The third kappa shape index (κ3) is 4.87. The van der Waals surface area contributed by atoms with E-state index in [4.69, 9.17) is 31.2 Å². The second-order valence-electron chi connectivity index (χ2n) is 5.22. The van der Waals surface area contributed by atoms with Gasteiger partial charge in [-0.05, 0) is 31.1 Å². The summed E-state index contributed by atoms with van der Waals surface area (Å²) < 4.78 is 21.6. The first kappa shape index (κ1) is 17.6. The van der Waals surface area contributed by atoms with E-state index in [0.717, 1.165) is 37.3 Å². The second kappa shape index (κ2) is 8.79. The summed E-state index contributed by atoms with van der Waals surface area (Å²) in [6.45, 7) is 2.10. The van der Waals surface area contributed by atoms with Gasteiger partial charge in [0.2, 0.25) is 0 Å². The van der Waals surface area contributed by atoms with E-state index in [9.17, 15) is 0 Å². The molecule has 2 N–H and O–H groups in total. The largest absolute Gasteiger partial charge is 0.496 e. The van der Waals surface area contributed by atoms with Gasteiger partial charge in [-0.25, -0.2) is 0 Å². The van der Waals surface area contributed by atoms with Crippen molar-refractivity contribution >= 4 is 17.3 Å². The van der Waals surface area contributed by atoms with Gasteiger partial charge in [0.25, 0.3) is 0 Å². The van der Waals surface area contributed by atoms with Gasteiger partial charge in [0.15, 0.2) is 16.6 Å². The van der Waals surface area contributed by atoms with Crippen molar-refractivity contribution in [2.45, 2.75) is 25.5 Å². The van der Waals surface area contributed by atoms with Gasteiger partial charge in [0, 0.05) is 31.3 Å². The zero-order valence-electron chi connectivity index (χ0n) is 13.8. The predicted octanol–water partition coefficient (Wildman–Crippen LogP) is 1.86. The number of hydrogen-bond acceptors (Lipinski definition) is 5. The number of thiocarbonyl (C=S) groups is 1. The van der Waals surface area contributed by atoms with Gasteiger partial charge in [0.05, 0.1) is 27.4 Å². The summed E-state index contributed by atoms with van der Waals surface area (Å²) in [5, 5.41) is 6.95. The molecule has 1 heterocycles. The van der Waals surface area contributed by atoms with E-state index < -0.39 is 0 Å². The van der Waals surface area contributed by atoms with Crippen LogP contribution in [0.3, 0.4) is 0 Å². The number of benzene rings is 1. The highest BCUT2D eigenvalue weighted by Gasteiger charge is 2.16. The maximum absolute atomic E-state index is 5.56. The molecule has 0 saturated carbocycles. The molecule has 0 aromatic heterocycles. The zero-order chi connectivity index (χ0) is 16.7. The molecule has 1 saturated heterocycles. The fourth-order valence-corrected chi connectivity index (χ4v) is 2.64. The van der Waals surface area contributed by atoms with Crippen LogP contribution >= 0.6 is 12.2 Å². The van der Waals surface area contributed by atoms with Crippen LogP contribution in [0.25, 0.3) is 0 Å². The van der Waals surface area contributed by atoms with E-state index in [-0.39, 0.29) is 6.10 Å². The first-order chi connectivity index (χ1) is 11.2. The van der Waals surface area contributed by atoms with Crippen LogP contribution in [-0.2, 0) is 11.3 Å². The normalized spacial score (nSPS) is 16.7. The molecule has 1 atom stereocenters. The molecule has 128 valence electrons. The molecule has 23 heavy (non-hydrogen) atoms. The predicted molar refractivity (Wildman–Crippen MR) is 92.5 cm³/mol. The van der Waals surface area contributed by atoms with E-state index in [1.807, 2.05) is 6.07 Å². The van der Waals surface area contributed by atoms with E-state index in [1.54, 1.807) is 27.4 Å². The van der Waals surface area contributed by atoms with Crippen LogP contribution in [0.4, 0.5) is 0 Å².